The number of anilines is 12. The van der Waals surface area contributed by atoms with Gasteiger partial charge in [0.2, 0.25) is 71.4 Å². The molecule has 0 atom stereocenters. The normalized spacial score (nSPS) is 9.62. The fourth-order valence-corrected chi connectivity index (χ4v) is 4.14. The van der Waals surface area contributed by atoms with E-state index in [9.17, 15) is 0 Å². The van der Waals surface area contributed by atoms with Crippen molar-refractivity contribution in [2.75, 3.05) is 132 Å². The average Bonchev–Trinajstić information content (AvgIpc) is 3.19. The number of rotatable bonds is 24. The Morgan fingerprint density at radius 2 is 0.508 bits per heavy atom. The molecule has 63 heavy (non-hydrogen) atoms. The van der Waals surface area contributed by atoms with Crippen LogP contribution < -0.4 is 66.3 Å². The highest BCUT2D eigenvalue weighted by Crippen LogP contribution is 2.11. The van der Waals surface area contributed by atoms with Crippen molar-refractivity contribution in [1.29, 1.82) is 0 Å². The van der Waals surface area contributed by atoms with Crippen LogP contribution in [0.15, 0.2) is 0 Å². The average molecular weight is 901 g/mol. The molecule has 30 heteroatoms. The van der Waals surface area contributed by atoms with Crippen molar-refractivity contribution >= 4 is 71.4 Å². The number of unbranched alkanes of at least 4 members (excludes halogenated alkanes) is 4. The summed E-state index contributed by atoms with van der Waals surface area (Å²) in [4.78, 5) is 47.3. The first-order chi connectivity index (χ1) is 29.0. The maximum atomic E-state index is 8.88. The van der Waals surface area contributed by atoms with Crippen molar-refractivity contribution in [3.05, 3.63) is 0 Å². The van der Waals surface area contributed by atoms with Crippen LogP contribution in [0.4, 0.5) is 71.4 Å². The lowest BCUT2D eigenvalue weighted by atomic mass is 10.3. The van der Waals surface area contributed by atoms with Gasteiger partial charge < -0.3 is 97.7 Å². The summed E-state index contributed by atoms with van der Waals surface area (Å²) in [7, 11) is 0. The topological polar surface area (TPSA) is 527 Å². The first-order valence-electron chi connectivity index (χ1n) is 19.4. The van der Waals surface area contributed by atoms with Crippen molar-refractivity contribution in [3.63, 3.8) is 0 Å². The van der Waals surface area contributed by atoms with E-state index in [-0.39, 0.29) is 80.5 Å². The number of aliphatic hydroxyl groups excluding tert-OH is 4. The third kappa shape index (κ3) is 31.0. The minimum atomic E-state index is 0. The highest BCUT2D eigenvalue weighted by molar-refractivity contribution is 5.42. The van der Waals surface area contributed by atoms with Gasteiger partial charge in [-0.1, -0.05) is 7.43 Å². The molecule has 0 aliphatic heterocycles. The molecule has 4 rings (SSSR count). The molecule has 30 nitrogen and oxygen atoms in total. The van der Waals surface area contributed by atoms with E-state index in [1.165, 1.54) is 0 Å². The molecule has 360 valence electrons. The summed E-state index contributed by atoms with van der Waals surface area (Å²) >= 11 is 0. The molecule has 0 fully saturated rings. The molecule has 0 saturated carbocycles. The largest absolute Gasteiger partial charge is 0.412 e. The summed E-state index contributed by atoms with van der Waals surface area (Å²) < 4.78 is 0. The van der Waals surface area contributed by atoms with Gasteiger partial charge in [-0.3, -0.25) is 0 Å². The number of hydrogen-bond donors (Lipinski definition) is 16. The molecule has 0 bridgehead atoms. The second kappa shape index (κ2) is 38.3. The molecule has 0 amide bonds. The van der Waals surface area contributed by atoms with Crippen LogP contribution in [0.5, 0.6) is 0 Å². The first-order valence-corrected chi connectivity index (χ1v) is 19.4. The fraction of sp³-hybridized carbons (Fsp3) is 0.636. The van der Waals surface area contributed by atoms with E-state index in [0.717, 1.165) is 57.9 Å². The number of nitrogen functional groups attached to an aromatic ring is 6. The maximum absolute atomic E-state index is 8.88. The van der Waals surface area contributed by atoms with Crippen molar-refractivity contribution < 1.29 is 31.4 Å². The van der Waals surface area contributed by atoms with Crippen LogP contribution in [-0.4, -0.2) is 157 Å². The second-order valence-electron chi connectivity index (χ2n) is 11.9. The monoisotopic (exact) mass is 901 g/mol. The smallest absolute Gasteiger partial charge is 0.229 e. The van der Waals surface area contributed by atoms with Gasteiger partial charge >= 0.3 is 0 Å². The number of hydrogen-bond acceptors (Lipinski definition) is 28. The van der Waals surface area contributed by atoms with E-state index in [0.29, 0.717) is 68.4 Å². The summed E-state index contributed by atoms with van der Waals surface area (Å²) in [6, 6.07) is 0. The van der Waals surface area contributed by atoms with Crippen LogP contribution in [0.1, 0.15) is 72.6 Å². The molecule has 0 radical (unpaired) electrons. The zero-order valence-electron chi connectivity index (χ0n) is 35.3. The number of nitrogens with two attached hydrogens (primary N) is 6. The van der Waals surface area contributed by atoms with Crippen LogP contribution in [0.25, 0.3) is 0 Å². The van der Waals surface area contributed by atoms with E-state index >= 15 is 0 Å². The second-order valence-corrected chi connectivity index (χ2v) is 11.9. The third-order valence-electron chi connectivity index (χ3n) is 6.79. The predicted octanol–water partition coefficient (Wildman–Crippen LogP) is -2.43. The molecule has 4 aromatic heterocycles. The molecule has 4 heterocycles. The molecule has 0 aromatic carbocycles. The number of nitrogens with zero attached hydrogens (tertiary/aromatic N) is 12. The Morgan fingerprint density at radius 1 is 0.317 bits per heavy atom. The molecule has 0 spiro atoms. The van der Waals surface area contributed by atoms with Crippen LogP contribution in [0.2, 0.25) is 0 Å². The summed E-state index contributed by atoms with van der Waals surface area (Å²) in [5, 5.41) is 52.2. The summed E-state index contributed by atoms with van der Waals surface area (Å²) in [6.45, 7) is 8.91. The molecular weight excluding hydrogens is 829 g/mol. The highest BCUT2D eigenvalue weighted by atomic mass is 16.3. The van der Waals surface area contributed by atoms with E-state index in [2.05, 4.69) is 91.7 Å². The van der Waals surface area contributed by atoms with Crippen molar-refractivity contribution in [2.45, 2.75) is 72.6 Å². The quantitative estimate of drug-likeness (QED) is 0.0325. The van der Waals surface area contributed by atoms with E-state index in [1.807, 2.05) is 13.8 Å². The molecule has 26 N–H and O–H groups in total. The van der Waals surface area contributed by atoms with E-state index < -0.39 is 0 Å². The van der Waals surface area contributed by atoms with Crippen LogP contribution in [0, 0.1) is 0 Å². The Morgan fingerprint density at radius 3 is 0.794 bits per heavy atom. The molecular formula is C33H72N24O6. The number of nitrogens with one attached hydrogen (secondary N) is 6. The Labute approximate surface area is 366 Å². The van der Waals surface area contributed by atoms with Gasteiger partial charge in [-0.05, 0) is 65.2 Å². The summed E-state index contributed by atoms with van der Waals surface area (Å²) in [5.41, 5.74) is 31.9. The molecule has 0 aliphatic rings. The van der Waals surface area contributed by atoms with Crippen molar-refractivity contribution in [1.82, 2.24) is 59.8 Å². The Kier molecular flexibility index (Phi) is 36.9. The highest BCUT2D eigenvalue weighted by Gasteiger charge is 2.07. The summed E-state index contributed by atoms with van der Waals surface area (Å²) in [5.74, 6) is 3.35. The van der Waals surface area contributed by atoms with Gasteiger partial charge in [0.1, 0.15) is 0 Å². The van der Waals surface area contributed by atoms with Gasteiger partial charge in [-0.15, -0.1) is 0 Å². The van der Waals surface area contributed by atoms with Crippen LogP contribution >= 0.6 is 0 Å². The van der Waals surface area contributed by atoms with E-state index in [4.69, 9.17) is 54.8 Å². The lowest BCUT2D eigenvalue weighted by Gasteiger charge is -2.11. The minimum Gasteiger partial charge on any atom is -0.412 e. The lowest BCUT2D eigenvalue weighted by molar-refractivity contribution is 0.242. The van der Waals surface area contributed by atoms with Gasteiger partial charge in [0.15, 0.2) is 0 Å². The Hall–Kier alpha value is -6.60. The van der Waals surface area contributed by atoms with Gasteiger partial charge in [0.25, 0.3) is 0 Å². The molecule has 0 aliphatic carbocycles. The standard InChI is InChI=1S/C18H34N12O.C7H14N6O.C4H10O2.C3H6N6.CH4.2H2O/c1-3-20-14-25-13(19)26-16(27-14)22-9-5-6-10-23-17-28-15(21-4-2)29-18(30-17)24-11-7-8-12-31;8-5-11-6(9)13-7(12-5)10-3-1-2-4-14;5-3-1-2-4-6;4-1-7-2(5)9-3(6)8-1;;;/h31H,3-12H2,1-2H3,(H4,19,20,22,25,26,27)(H3,21,23,24,28,29,30);14H,1-4H2,(H5,8,9,10,11,12,13);5-6H,1-4H2;(H6,4,5,6,7,8,9);1H4;2*1H2. The Balaban J connectivity index is -0.000000924. The van der Waals surface area contributed by atoms with Gasteiger partial charge in [0, 0.05) is 65.7 Å². The molecule has 4 aromatic rings. The maximum Gasteiger partial charge on any atom is 0.229 e. The van der Waals surface area contributed by atoms with Crippen LogP contribution in [-0.2, 0) is 0 Å². The SMILES string of the molecule is C.CCNc1nc(N)nc(NCCCCNc2nc(NCC)nc(NCCCCO)n2)n1.Nc1nc(N)nc(N)n1.Nc1nc(N)nc(NCCCCO)n1.O.O.OCCCCO. The van der Waals surface area contributed by atoms with Gasteiger partial charge in [-0.2, -0.15) is 59.8 Å². The van der Waals surface area contributed by atoms with Crippen LogP contribution in [0.3, 0.4) is 0 Å². The zero-order chi connectivity index (χ0) is 44.4. The van der Waals surface area contributed by atoms with Crippen molar-refractivity contribution in [3.8, 4) is 0 Å². The molecule has 0 unspecified atom stereocenters. The lowest BCUT2D eigenvalue weighted by Crippen LogP contribution is -2.15. The third-order valence-corrected chi connectivity index (χ3v) is 6.79. The van der Waals surface area contributed by atoms with Gasteiger partial charge in [0.05, 0.1) is 0 Å². The fourth-order valence-electron chi connectivity index (χ4n) is 4.14. The van der Waals surface area contributed by atoms with E-state index in [1.54, 1.807) is 0 Å². The Bertz CT molecular complexity index is 1650. The number of aromatic nitrogens is 12. The van der Waals surface area contributed by atoms with Crippen molar-refractivity contribution in [2.24, 2.45) is 0 Å². The number of aliphatic hydroxyl groups is 4. The zero-order valence-corrected chi connectivity index (χ0v) is 35.3. The predicted molar refractivity (Wildman–Crippen MR) is 247 cm³/mol. The first kappa shape index (κ1) is 60.7. The summed E-state index contributed by atoms with van der Waals surface area (Å²) in [6.07, 6.45) is 6.39. The van der Waals surface area contributed by atoms with Gasteiger partial charge in [-0.25, -0.2) is 0 Å². The minimum absolute atomic E-state index is 0. The molecule has 0 saturated heterocycles.